The van der Waals surface area contributed by atoms with Gasteiger partial charge in [0.1, 0.15) is 5.82 Å². The monoisotopic (exact) mass is 244 g/mol. The SMILES string of the molecule is Nc1cc(-c2ccc(F)cc2)cn2c(=O)[nH]nc12. The Morgan fingerprint density at radius 1 is 1.22 bits per heavy atom. The maximum absolute atomic E-state index is 12.9. The van der Waals surface area contributed by atoms with Crippen LogP contribution in [0.2, 0.25) is 0 Å². The van der Waals surface area contributed by atoms with Gasteiger partial charge in [0.15, 0.2) is 5.65 Å². The fourth-order valence-electron chi connectivity index (χ4n) is 1.84. The van der Waals surface area contributed by atoms with Crippen LogP contribution in [0.1, 0.15) is 0 Å². The number of nitrogens with zero attached hydrogens (tertiary/aromatic N) is 2. The van der Waals surface area contributed by atoms with Crippen molar-refractivity contribution < 1.29 is 4.39 Å². The number of fused-ring (bicyclic) bond motifs is 1. The Morgan fingerprint density at radius 2 is 1.94 bits per heavy atom. The highest BCUT2D eigenvalue weighted by Gasteiger charge is 2.07. The molecule has 0 spiro atoms. The second kappa shape index (κ2) is 3.69. The molecule has 0 saturated carbocycles. The van der Waals surface area contributed by atoms with Gasteiger partial charge in [-0.25, -0.2) is 18.7 Å². The third-order valence-electron chi connectivity index (χ3n) is 2.72. The van der Waals surface area contributed by atoms with E-state index >= 15 is 0 Å². The molecule has 0 fully saturated rings. The fraction of sp³-hybridized carbons (Fsp3) is 0. The minimum Gasteiger partial charge on any atom is -0.396 e. The van der Waals surface area contributed by atoms with Gasteiger partial charge in [0.05, 0.1) is 5.69 Å². The van der Waals surface area contributed by atoms with Crippen molar-refractivity contribution in [3.8, 4) is 11.1 Å². The molecule has 0 bridgehead atoms. The minimum absolute atomic E-state index is 0.312. The minimum atomic E-state index is -0.360. The number of rotatable bonds is 1. The first-order valence-electron chi connectivity index (χ1n) is 5.27. The van der Waals surface area contributed by atoms with Gasteiger partial charge in [0.2, 0.25) is 0 Å². The molecule has 0 amide bonds. The van der Waals surface area contributed by atoms with Crippen molar-refractivity contribution in [2.45, 2.75) is 0 Å². The molecular formula is C12H9FN4O. The van der Waals surface area contributed by atoms with Gasteiger partial charge in [-0.1, -0.05) is 12.1 Å². The van der Waals surface area contributed by atoms with Crippen LogP contribution in [-0.4, -0.2) is 14.6 Å². The van der Waals surface area contributed by atoms with Crippen LogP contribution in [0.15, 0.2) is 41.3 Å². The summed E-state index contributed by atoms with van der Waals surface area (Å²) in [6, 6.07) is 7.66. The zero-order valence-electron chi connectivity index (χ0n) is 9.22. The summed E-state index contributed by atoms with van der Waals surface area (Å²) in [5.74, 6) is -0.312. The molecular weight excluding hydrogens is 235 g/mol. The van der Waals surface area contributed by atoms with E-state index in [0.717, 1.165) is 11.1 Å². The van der Waals surface area contributed by atoms with E-state index in [-0.39, 0.29) is 11.5 Å². The Hall–Kier alpha value is -2.63. The molecule has 3 rings (SSSR count). The second-order valence-electron chi connectivity index (χ2n) is 3.91. The Kier molecular flexibility index (Phi) is 2.16. The van der Waals surface area contributed by atoms with Gasteiger partial charge in [-0.05, 0) is 23.8 Å². The summed E-state index contributed by atoms with van der Waals surface area (Å²) in [7, 11) is 0. The van der Waals surface area contributed by atoms with Crippen LogP contribution in [-0.2, 0) is 0 Å². The van der Waals surface area contributed by atoms with Crippen LogP contribution < -0.4 is 11.4 Å². The highest BCUT2D eigenvalue weighted by Crippen LogP contribution is 2.23. The molecule has 5 nitrogen and oxygen atoms in total. The summed E-state index contributed by atoms with van der Waals surface area (Å²) in [6.07, 6.45) is 1.62. The normalized spacial score (nSPS) is 10.9. The van der Waals surface area contributed by atoms with Crippen molar-refractivity contribution in [3.63, 3.8) is 0 Å². The molecule has 3 aromatic rings. The van der Waals surface area contributed by atoms with E-state index in [2.05, 4.69) is 10.2 Å². The molecule has 2 aromatic heterocycles. The maximum atomic E-state index is 12.9. The van der Waals surface area contributed by atoms with Crippen LogP contribution in [0.5, 0.6) is 0 Å². The molecule has 0 radical (unpaired) electrons. The highest BCUT2D eigenvalue weighted by atomic mass is 19.1. The summed E-state index contributed by atoms with van der Waals surface area (Å²) in [5.41, 5.74) is 7.73. The number of aromatic amines is 1. The van der Waals surface area contributed by atoms with Gasteiger partial charge in [-0.2, -0.15) is 5.10 Å². The predicted molar refractivity (Wildman–Crippen MR) is 65.6 cm³/mol. The predicted octanol–water partition coefficient (Wildman–Crippen LogP) is 1.41. The lowest BCUT2D eigenvalue weighted by Crippen LogP contribution is -2.09. The molecule has 3 N–H and O–H groups in total. The molecule has 1 aromatic carbocycles. The molecule has 6 heteroatoms. The lowest BCUT2D eigenvalue weighted by molar-refractivity contribution is 0.628. The number of benzene rings is 1. The molecule has 0 atom stereocenters. The molecule has 18 heavy (non-hydrogen) atoms. The Balaban J connectivity index is 2.26. The largest absolute Gasteiger partial charge is 0.396 e. The number of hydrogen-bond donors (Lipinski definition) is 2. The van der Waals surface area contributed by atoms with Gasteiger partial charge in [-0.3, -0.25) is 0 Å². The third-order valence-corrected chi connectivity index (χ3v) is 2.72. The number of aromatic nitrogens is 3. The van der Waals surface area contributed by atoms with Gasteiger partial charge in [-0.15, -0.1) is 0 Å². The quantitative estimate of drug-likeness (QED) is 0.679. The van der Waals surface area contributed by atoms with Crippen molar-refractivity contribution >= 4 is 11.3 Å². The lowest BCUT2D eigenvalue weighted by Gasteiger charge is -2.04. The van der Waals surface area contributed by atoms with E-state index in [9.17, 15) is 9.18 Å². The Bertz CT molecular complexity index is 773. The number of anilines is 1. The second-order valence-corrected chi connectivity index (χ2v) is 3.91. The van der Waals surface area contributed by atoms with Gasteiger partial charge in [0, 0.05) is 11.8 Å². The summed E-state index contributed by atoms with van der Waals surface area (Å²) in [4.78, 5) is 11.5. The number of H-pyrrole nitrogens is 1. The number of nitrogens with two attached hydrogens (primary N) is 1. The average molecular weight is 244 g/mol. The standard InChI is InChI=1S/C12H9FN4O/c13-9-3-1-7(2-4-9)8-5-10(14)11-15-16-12(18)17(11)6-8/h1-6H,14H2,(H,16,18). The first-order valence-corrected chi connectivity index (χ1v) is 5.27. The van der Waals surface area contributed by atoms with E-state index in [1.54, 1.807) is 24.4 Å². The molecule has 0 aliphatic carbocycles. The van der Waals surface area contributed by atoms with E-state index in [1.165, 1.54) is 16.5 Å². The van der Waals surface area contributed by atoms with Crippen molar-refractivity contribution in [2.75, 3.05) is 5.73 Å². The van der Waals surface area contributed by atoms with Crippen molar-refractivity contribution in [1.82, 2.24) is 14.6 Å². The van der Waals surface area contributed by atoms with Crippen LogP contribution in [0, 0.1) is 5.82 Å². The molecule has 0 saturated heterocycles. The summed E-state index contributed by atoms with van der Waals surface area (Å²) in [5, 5.41) is 6.13. The van der Waals surface area contributed by atoms with Gasteiger partial charge in [0.25, 0.3) is 0 Å². The van der Waals surface area contributed by atoms with Crippen molar-refractivity contribution in [1.29, 1.82) is 0 Å². The average Bonchev–Trinajstić information content (AvgIpc) is 2.73. The zero-order valence-corrected chi connectivity index (χ0v) is 9.22. The third kappa shape index (κ3) is 1.55. The Morgan fingerprint density at radius 3 is 2.67 bits per heavy atom. The number of pyridine rings is 1. The molecule has 0 aliphatic heterocycles. The summed E-state index contributed by atoms with van der Waals surface area (Å²) in [6.45, 7) is 0. The Labute approximate surface area is 101 Å². The van der Waals surface area contributed by atoms with Gasteiger partial charge < -0.3 is 5.73 Å². The first kappa shape index (κ1) is 10.5. The summed E-state index contributed by atoms with van der Waals surface area (Å²) >= 11 is 0. The number of hydrogen-bond acceptors (Lipinski definition) is 3. The van der Waals surface area contributed by atoms with E-state index in [0.29, 0.717) is 11.3 Å². The van der Waals surface area contributed by atoms with Crippen LogP contribution >= 0.6 is 0 Å². The maximum Gasteiger partial charge on any atom is 0.347 e. The summed E-state index contributed by atoms with van der Waals surface area (Å²) < 4.78 is 14.2. The van der Waals surface area contributed by atoms with Crippen LogP contribution in [0.3, 0.4) is 0 Å². The topological polar surface area (TPSA) is 76.2 Å². The first-order chi connectivity index (χ1) is 8.65. The van der Waals surface area contributed by atoms with Crippen molar-refractivity contribution in [2.24, 2.45) is 0 Å². The number of halogens is 1. The van der Waals surface area contributed by atoms with Crippen LogP contribution in [0.4, 0.5) is 10.1 Å². The number of nitrogens with one attached hydrogen (secondary N) is 1. The fourth-order valence-corrected chi connectivity index (χ4v) is 1.84. The number of nitrogen functional groups attached to an aromatic ring is 1. The van der Waals surface area contributed by atoms with E-state index in [1.807, 2.05) is 0 Å². The van der Waals surface area contributed by atoms with Crippen molar-refractivity contribution in [3.05, 3.63) is 52.8 Å². The van der Waals surface area contributed by atoms with Crippen LogP contribution in [0.25, 0.3) is 16.8 Å². The molecule has 90 valence electrons. The van der Waals surface area contributed by atoms with E-state index < -0.39 is 0 Å². The smallest absolute Gasteiger partial charge is 0.347 e. The molecule has 0 unspecified atom stereocenters. The molecule has 2 heterocycles. The zero-order chi connectivity index (χ0) is 12.7. The molecule has 0 aliphatic rings. The van der Waals surface area contributed by atoms with Gasteiger partial charge >= 0.3 is 5.69 Å². The lowest BCUT2D eigenvalue weighted by atomic mass is 10.1. The van der Waals surface area contributed by atoms with E-state index in [4.69, 9.17) is 5.73 Å². The highest BCUT2D eigenvalue weighted by molar-refractivity contribution is 5.74.